The van der Waals surface area contributed by atoms with Crippen LogP contribution in [0.1, 0.15) is 25.7 Å². The van der Waals surface area contributed by atoms with Gasteiger partial charge in [0.2, 0.25) is 5.91 Å². The number of halogens is 1. The average Bonchev–Trinajstić information content (AvgIpc) is 2.39. The van der Waals surface area contributed by atoms with Crippen molar-refractivity contribution in [1.82, 2.24) is 4.90 Å². The Morgan fingerprint density at radius 2 is 2.10 bits per heavy atom. The van der Waals surface area contributed by atoms with E-state index in [1.165, 1.54) is 12.1 Å². The minimum Gasteiger partial charge on any atom is -0.325 e. The molecule has 2 rings (SSSR count). The molecule has 1 N–H and O–H groups in total. The zero-order chi connectivity index (χ0) is 14.5. The third-order valence-electron chi connectivity index (χ3n) is 3.64. The van der Waals surface area contributed by atoms with Gasteiger partial charge in [-0.15, -0.1) is 0 Å². The van der Waals surface area contributed by atoms with Crippen molar-refractivity contribution < 1.29 is 14.0 Å². The van der Waals surface area contributed by atoms with E-state index in [1.54, 1.807) is 12.1 Å². The molecule has 1 aliphatic rings. The molecular formula is C15H19FN2O2. The molecule has 0 heterocycles. The van der Waals surface area contributed by atoms with Crippen molar-refractivity contribution in [2.75, 3.05) is 18.9 Å². The number of amides is 1. The summed E-state index contributed by atoms with van der Waals surface area (Å²) in [5.74, 6) is -0.240. The maximum Gasteiger partial charge on any atom is 0.238 e. The van der Waals surface area contributed by atoms with Gasteiger partial charge in [-0.25, -0.2) is 4.39 Å². The van der Waals surface area contributed by atoms with Crippen molar-refractivity contribution in [1.29, 1.82) is 0 Å². The first-order valence-electron chi connectivity index (χ1n) is 6.82. The van der Waals surface area contributed by atoms with Crippen LogP contribution in [0.2, 0.25) is 0 Å². The van der Waals surface area contributed by atoms with E-state index in [1.807, 2.05) is 11.9 Å². The van der Waals surface area contributed by atoms with Crippen molar-refractivity contribution in [3.05, 3.63) is 30.1 Å². The number of likely N-dealkylation sites (N-methyl/N-ethyl adjacent to an activating group) is 1. The van der Waals surface area contributed by atoms with E-state index in [4.69, 9.17) is 0 Å². The highest BCUT2D eigenvalue weighted by molar-refractivity contribution is 5.92. The fraction of sp³-hybridized carbons (Fsp3) is 0.467. The summed E-state index contributed by atoms with van der Waals surface area (Å²) in [6.07, 6.45) is 2.81. The Labute approximate surface area is 118 Å². The van der Waals surface area contributed by atoms with Crippen molar-refractivity contribution in [2.45, 2.75) is 31.7 Å². The number of carbonyl (C=O) groups is 2. The molecule has 0 saturated heterocycles. The van der Waals surface area contributed by atoms with Crippen LogP contribution in [0.5, 0.6) is 0 Å². The molecule has 1 aromatic carbocycles. The maximum absolute atomic E-state index is 13.0. The summed E-state index contributed by atoms with van der Waals surface area (Å²) in [6, 6.07) is 6.10. The summed E-state index contributed by atoms with van der Waals surface area (Å²) in [5, 5.41) is 2.67. The number of rotatable bonds is 4. The highest BCUT2D eigenvalue weighted by atomic mass is 19.1. The number of Topliss-reactive ketones (excluding diaryl/α,β-unsaturated/α-hetero) is 1. The number of carbonyl (C=O) groups excluding carboxylic acids is 2. The lowest BCUT2D eigenvalue weighted by molar-refractivity contribution is -0.121. The summed E-state index contributed by atoms with van der Waals surface area (Å²) in [5.41, 5.74) is 0.460. The maximum atomic E-state index is 13.0. The second-order valence-corrected chi connectivity index (χ2v) is 5.24. The molecule has 1 aromatic rings. The van der Waals surface area contributed by atoms with Gasteiger partial charge in [0.05, 0.1) is 6.54 Å². The fourth-order valence-electron chi connectivity index (χ4n) is 2.49. The molecule has 4 nitrogen and oxygen atoms in total. The summed E-state index contributed by atoms with van der Waals surface area (Å²) in [4.78, 5) is 25.1. The van der Waals surface area contributed by atoms with E-state index in [2.05, 4.69) is 5.32 Å². The van der Waals surface area contributed by atoms with E-state index in [0.717, 1.165) is 12.8 Å². The van der Waals surface area contributed by atoms with Crippen LogP contribution < -0.4 is 5.32 Å². The van der Waals surface area contributed by atoms with Gasteiger partial charge in [0, 0.05) is 24.6 Å². The Balaban J connectivity index is 1.83. The number of anilines is 1. The summed E-state index contributed by atoms with van der Waals surface area (Å²) in [6.45, 7) is 0.245. The lowest BCUT2D eigenvalue weighted by Crippen LogP contribution is -2.40. The smallest absolute Gasteiger partial charge is 0.238 e. The lowest BCUT2D eigenvalue weighted by atomic mass is 9.93. The molecule has 0 spiro atoms. The normalized spacial score (nSPS) is 16.4. The van der Waals surface area contributed by atoms with E-state index in [9.17, 15) is 14.0 Å². The van der Waals surface area contributed by atoms with Gasteiger partial charge in [-0.1, -0.05) is 6.07 Å². The number of hydrogen-bond donors (Lipinski definition) is 1. The van der Waals surface area contributed by atoms with Gasteiger partial charge < -0.3 is 5.32 Å². The molecular weight excluding hydrogens is 259 g/mol. The van der Waals surface area contributed by atoms with Crippen LogP contribution in [0.3, 0.4) is 0 Å². The number of benzene rings is 1. The molecule has 0 aromatic heterocycles. The molecule has 1 amide bonds. The highest BCUT2D eigenvalue weighted by Gasteiger charge is 2.23. The van der Waals surface area contributed by atoms with E-state index >= 15 is 0 Å². The Bertz CT molecular complexity index is 494. The number of nitrogens with zero attached hydrogens (tertiary/aromatic N) is 1. The summed E-state index contributed by atoms with van der Waals surface area (Å²) in [7, 11) is 1.88. The Morgan fingerprint density at radius 3 is 2.75 bits per heavy atom. The van der Waals surface area contributed by atoms with Crippen LogP contribution in [0.25, 0.3) is 0 Å². The van der Waals surface area contributed by atoms with Crippen molar-refractivity contribution in [3.8, 4) is 0 Å². The van der Waals surface area contributed by atoms with Gasteiger partial charge in [0.25, 0.3) is 0 Å². The predicted molar refractivity (Wildman–Crippen MR) is 74.9 cm³/mol. The van der Waals surface area contributed by atoms with Gasteiger partial charge in [-0.2, -0.15) is 0 Å². The zero-order valence-corrected chi connectivity index (χ0v) is 11.6. The molecule has 0 unspecified atom stereocenters. The molecule has 5 heteroatoms. The van der Waals surface area contributed by atoms with Crippen LogP contribution in [0.4, 0.5) is 10.1 Å². The Hall–Kier alpha value is -1.75. The monoisotopic (exact) mass is 278 g/mol. The third-order valence-corrected chi connectivity index (χ3v) is 3.64. The zero-order valence-electron chi connectivity index (χ0n) is 11.6. The minimum atomic E-state index is -0.373. The SMILES string of the molecule is CN(CC(=O)Nc1cccc(F)c1)C1CCC(=O)CC1. The van der Waals surface area contributed by atoms with Crippen LogP contribution in [0, 0.1) is 5.82 Å². The van der Waals surface area contributed by atoms with E-state index < -0.39 is 0 Å². The van der Waals surface area contributed by atoms with Gasteiger partial charge in [-0.05, 0) is 38.1 Å². The Kier molecular flexibility index (Phi) is 4.84. The molecule has 1 aliphatic carbocycles. The number of hydrogen-bond acceptors (Lipinski definition) is 3. The molecule has 108 valence electrons. The largest absolute Gasteiger partial charge is 0.325 e. The van der Waals surface area contributed by atoms with Crippen LogP contribution in [-0.2, 0) is 9.59 Å². The van der Waals surface area contributed by atoms with Crippen LogP contribution in [0.15, 0.2) is 24.3 Å². The van der Waals surface area contributed by atoms with Crippen molar-refractivity contribution in [2.24, 2.45) is 0 Å². The average molecular weight is 278 g/mol. The molecule has 1 saturated carbocycles. The number of nitrogens with one attached hydrogen (secondary N) is 1. The Morgan fingerprint density at radius 1 is 1.40 bits per heavy atom. The van der Waals surface area contributed by atoms with Crippen LogP contribution in [-0.4, -0.2) is 36.2 Å². The lowest BCUT2D eigenvalue weighted by Gasteiger charge is -2.30. The van der Waals surface area contributed by atoms with Crippen molar-refractivity contribution >= 4 is 17.4 Å². The second-order valence-electron chi connectivity index (χ2n) is 5.24. The quantitative estimate of drug-likeness (QED) is 0.918. The molecule has 20 heavy (non-hydrogen) atoms. The number of ketones is 1. The van der Waals surface area contributed by atoms with Gasteiger partial charge in [0.1, 0.15) is 11.6 Å². The first-order valence-corrected chi connectivity index (χ1v) is 6.82. The predicted octanol–water partition coefficient (Wildman–Crippen LogP) is 2.21. The first-order chi connectivity index (χ1) is 9.54. The van der Waals surface area contributed by atoms with Crippen molar-refractivity contribution in [3.63, 3.8) is 0 Å². The molecule has 0 aliphatic heterocycles. The topological polar surface area (TPSA) is 49.4 Å². The summed E-state index contributed by atoms with van der Waals surface area (Å²) >= 11 is 0. The molecule has 0 radical (unpaired) electrons. The van der Waals surface area contributed by atoms with E-state index in [-0.39, 0.29) is 24.3 Å². The molecule has 0 atom stereocenters. The van der Waals surface area contributed by atoms with Gasteiger partial charge in [0.15, 0.2) is 0 Å². The van der Waals surface area contributed by atoms with Crippen LogP contribution >= 0.6 is 0 Å². The molecule has 1 fully saturated rings. The highest BCUT2D eigenvalue weighted by Crippen LogP contribution is 2.19. The standard InChI is InChI=1S/C15H19FN2O2/c1-18(13-5-7-14(19)8-6-13)10-15(20)17-12-4-2-3-11(16)9-12/h2-4,9,13H,5-8,10H2,1H3,(H,17,20). The second kappa shape index (κ2) is 6.61. The van der Waals surface area contributed by atoms with Gasteiger partial charge in [-0.3, -0.25) is 14.5 Å². The van der Waals surface area contributed by atoms with Gasteiger partial charge >= 0.3 is 0 Å². The third kappa shape index (κ3) is 4.13. The first kappa shape index (κ1) is 14.7. The summed E-state index contributed by atoms with van der Waals surface area (Å²) < 4.78 is 13.0. The minimum absolute atomic E-state index is 0.171. The van der Waals surface area contributed by atoms with E-state index in [0.29, 0.717) is 24.3 Å². The fourth-order valence-corrected chi connectivity index (χ4v) is 2.49. The molecule has 0 bridgehead atoms.